The topological polar surface area (TPSA) is 113 Å². The predicted octanol–water partition coefficient (Wildman–Crippen LogP) is 4.09. The molecule has 0 fully saturated rings. The number of aromatic nitrogens is 1. The first-order chi connectivity index (χ1) is 17.1. The number of nitrogens with one attached hydrogen (secondary N) is 1. The highest BCUT2D eigenvalue weighted by Crippen LogP contribution is 2.30. The fourth-order valence-corrected chi connectivity index (χ4v) is 3.70. The summed E-state index contributed by atoms with van der Waals surface area (Å²) in [5.41, 5.74) is -0.221. The summed E-state index contributed by atoms with van der Waals surface area (Å²) in [5.74, 6) is -2.21. The fraction of sp³-hybridized carbons (Fsp3) is 0.462. The minimum absolute atomic E-state index is 0.0354. The van der Waals surface area contributed by atoms with Crippen LogP contribution in [0.2, 0.25) is 0 Å². The highest BCUT2D eigenvalue weighted by atomic mass is 19.1. The van der Waals surface area contributed by atoms with E-state index in [1.54, 1.807) is 19.1 Å². The number of methoxy groups -OCH3 is 1. The van der Waals surface area contributed by atoms with Crippen LogP contribution in [0.5, 0.6) is 17.2 Å². The number of hydrogen-bond donors (Lipinski definition) is 1. The third-order valence-corrected chi connectivity index (χ3v) is 5.60. The molecule has 0 aliphatic rings. The Morgan fingerprint density at radius 2 is 1.81 bits per heavy atom. The lowest BCUT2D eigenvalue weighted by molar-refractivity contribution is -0.156. The molecule has 0 unspecified atom stereocenters. The molecule has 0 aliphatic carbocycles. The third kappa shape index (κ3) is 7.66. The molecule has 1 amide bonds. The Morgan fingerprint density at radius 3 is 2.39 bits per heavy atom. The van der Waals surface area contributed by atoms with Gasteiger partial charge in [0.25, 0.3) is 5.91 Å². The van der Waals surface area contributed by atoms with Crippen LogP contribution in [-0.4, -0.2) is 48.2 Å². The van der Waals surface area contributed by atoms with Crippen molar-refractivity contribution in [3.05, 3.63) is 48.0 Å². The number of carbonyl (C=O) groups excluding carboxylic acids is 3. The number of rotatable bonds is 12. The Kier molecular flexibility index (Phi) is 10.6. The molecule has 2 aromatic rings. The normalized spacial score (nSPS) is 13.3. The zero-order valence-corrected chi connectivity index (χ0v) is 21.4. The number of carbonyl (C=O) groups is 3. The number of nitrogens with zero attached hydrogens (tertiary/aromatic N) is 1. The summed E-state index contributed by atoms with van der Waals surface area (Å²) in [5, 5.41) is 2.51. The van der Waals surface area contributed by atoms with E-state index in [1.807, 2.05) is 13.8 Å². The van der Waals surface area contributed by atoms with Crippen LogP contribution in [0.15, 0.2) is 36.5 Å². The van der Waals surface area contributed by atoms with E-state index in [9.17, 15) is 18.8 Å². The third-order valence-electron chi connectivity index (χ3n) is 5.60. The van der Waals surface area contributed by atoms with E-state index in [0.29, 0.717) is 5.75 Å². The number of esters is 2. The summed E-state index contributed by atoms with van der Waals surface area (Å²) in [6.07, 6.45) is 1.59. The zero-order valence-electron chi connectivity index (χ0n) is 21.4. The van der Waals surface area contributed by atoms with Gasteiger partial charge in [-0.15, -0.1) is 0 Å². The average Bonchev–Trinajstić information content (AvgIpc) is 2.83. The standard InChI is InChI=1S/C26H33FN2O7/c1-7-18(8-2)23(36-20-11-9-10-19(27)14-20)16(4)34-26(32)15(3)29-25(31)22-24(35-17(5)30)21(33-6)12-13-28-22/h9-16,18,23H,7-8H2,1-6H3,(H,29,31)/t15-,16-,23+/m0/s1. The molecule has 3 atom stereocenters. The van der Waals surface area contributed by atoms with Gasteiger partial charge in [0.05, 0.1) is 7.11 Å². The molecule has 0 spiro atoms. The molecule has 10 heteroatoms. The molecular weight excluding hydrogens is 471 g/mol. The Morgan fingerprint density at radius 1 is 1.11 bits per heavy atom. The molecule has 0 bridgehead atoms. The summed E-state index contributed by atoms with van der Waals surface area (Å²) in [4.78, 5) is 41.1. The van der Waals surface area contributed by atoms with E-state index in [1.165, 1.54) is 45.4 Å². The molecule has 2 rings (SSSR count). The van der Waals surface area contributed by atoms with E-state index < -0.39 is 41.9 Å². The van der Waals surface area contributed by atoms with Crippen molar-refractivity contribution >= 4 is 17.8 Å². The van der Waals surface area contributed by atoms with Gasteiger partial charge in [-0.05, 0) is 44.7 Å². The first-order valence-corrected chi connectivity index (χ1v) is 11.8. The highest BCUT2D eigenvalue weighted by molar-refractivity contribution is 5.98. The van der Waals surface area contributed by atoms with Gasteiger partial charge in [-0.25, -0.2) is 14.2 Å². The van der Waals surface area contributed by atoms with Crippen LogP contribution in [0, 0.1) is 11.7 Å². The molecule has 1 heterocycles. The second-order valence-corrected chi connectivity index (χ2v) is 8.24. The van der Waals surface area contributed by atoms with E-state index in [-0.39, 0.29) is 23.1 Å². The van der Waals surface area contributed by atoms with Crippen LogP contribution in [-0.2, 0) is 14.3 Å². The van der Waals surface area contributed by atoms with Crippen molar-refractivity contribution in [3.63, 3.8) is 0 Å². The number of benzene rings is 1. The number of hydrogen-bond acceptors (Lipinski definition) is 8. The van der Waals surface area contributed by atoms with Crippen molar-refractivity contribution < 1.29 is 37.7 Å². The Hall–Kier alpha value is -3.69. The molecule has 196 valence electrons. The molecule has 9 nitrogen and oxygen atoms in total. The summed E-state index contributed by atoms with van der Waals surface area (Å²) in [6.45, 7) is 8.32. The fourth-order valence-electron chi connectivity index (χ4n) is 3.70. The summed E-state index contributed by atoms with van der Waals surface area (Å²) in [6, 6.07) is 6.14. The molecular formula is C26H33FN2O7. The van der Waals surface area contributed by atoms with Gasteiger partial charge < -0.3 is 24.3 Å². The molecule has 0 saturated heterocycles. The first-order valence-electron chi connectivity index (χ1n) is 11.8. The SMILES string of the molecule is CCC(CC)[C@H](Oc1cccc(F)c1)[C@H](C)OC(=O)[C@H](C)NC(=O)c1nccc(OC)c1OC(C)=O. The monoisotopic (exact) mass is 504 g/mol. The van der Waals surface area contributed by atoms with Gasteiger partial charge in [0, 0.05) is 25.3 Å². The summed E-state index contributed by atoms with van der Waals surface area (Å²) in [7, 11) is 1.35. The second-order valence-electron chi connectivity index (χ2n) is 8.24. The molecule has 1 aromatic carbocycles. The van der Waals surface area contributed by atoms with Gasteiger partial charge in [-0.3, -0.25) is 9.59 Å². The lowest BCUT2D eigenvalue weighted by Gasteiger charge is -2.31. The predicted molar refractivity (Wildman–Crippen MR) is 129 cm³/mol. The van der Waals surface area contributed by atoms with Crippen molar-refractivity contribution in [1.29, 1.82) is 0 Å². The van der Waals surface area contributed by atoms with Crippen molar-refractivity contribution in [2.75, 3.05) is 7.11 Å². The highest BCUT2D eigenvalue weighted by Gasteiger charge is 2.32. The number of amides is 1. The van der Waals surface area contributed by atoms with Crippen LogP contribution in [0.3, 0.4) is 0 Å². The van der Waals surface area contributed by atoms with Crippen molar-refractivity contribution in [1.82, 2.24) is 10.3 Å². The quantitative estimate of drug-likeness (QED) is 0.430. The summed E-state index contributed by atoms with van der Waals surface area (Å²) >= 11 is 0. The molecule has 1 aromatic heterocycles. The maximum Gasteiger partial charge on any atom is 0.328 e. The largest absolute Gasteiger partial charge is 0.493 e. The number of ether oxygens (including phenoxy) is 4. The minimum atomic E-state index is -1.06. The van der Waals surface area contributed by atoms with Crippen molar-refractivity contribution in [2.24, 2.45) is 5.92 Å². The average molecular weight is 505 g/mol. The van der Waals surface area contributed by atoms with Gasteiger partial charge in [-0.2, -0.15) is 0 Å². The Balaban J connectivity index is 2.14. The van der Waals surface area contributed by atoms with E-state index in [2.05, 4.69) is 10.3 Å². The van der Waals surface area contributed by atoms with E-state index >= 15 is 0 Å². The van der Waals surface area contributed by atoms with Gasteiger partial charge in [-0.1, -0.05) is 19.9 Å². The molecule has 0 saturated carbocycles. The van der Waals surface area contributed by atoms with E-state index in [0.717, 1.165) is 12.8 Å². The zero-order chi connectivity index (χ0) is 26.8. The maximum atomic E-state index is 13.7. The minimum Gasteiger partial charge on any atom is -0.493 e. The van der Waals surface area contributed by atoms with Crippen LogP contribution in [0.25, 0.3) is 0 Å². The van der Waals surface area contributed by atoms with Crippen LogP contribution in [0.1, 0.15) is 57.9 Å². The Bertz CT molecular complexity index is 1060. The lowest BCUT2D eigenvalue weighted by atomic mass is 9.93. The number of halogens is 1. The molecule has 0 radical (unpaired) electrons. The van der Waals surface area contributed by atoms with Gasteiger partial charge >= 0.3 is 11.9 Å². The first kappa shape index (κ1) is 28.5. The maximum absolute atomic E-state index is 13.7. The van der Waals surface area contributed by atoms with Crippen LogP contribution >= 0.6 is 0 Å². The second kappa shape index (κ2) is 13.4. The van der Waals surface area contributed by atoms with Crippen molar-refractivity contribution in [2.45, 2.75) is 65.7 Å². The van der Waals surface area contributed by atoms with Crippen LogP contribution in [0.4, 0.5) is 4.39 Å². The van der Waals surface area contributed by atoms with E-state index in [4.69, 9.17) is 18.9 Å². The van der Waals surface area contributed by atoms with Gasteiger partial charge in [0.2, 0.25) is 5.75 Å². The molecule has 1 N–H and O–H groups in total. The lowest BCUT2D eigenvalue weighted by Crippen LogP contribution is -2.45. The van der Waals surface area contributed by atoms with Crippen LogP contribution < -0.4 is 19.5 Å². The molecule has 0 aliphatic heterocycles. The molecule has 36 heavy (non-hydrogen) atoms. The summed E-state index contributed by atoms with van der Waals surface area (Å²) < 4.78 is 35.6. The number of pyridine rings is 1. The Labute approximate surface area is 210 Å². The van der Waals surface area contributed by atoms with Gasteiger partial charge in [0.1, 0.15) is 29.8 Å². The smallest absolute Gasteiger partial charge is 0.328 e. The van der Waals surface area contributed by atoms with Gasteiger partial charge in [0.15, 0.2) is 11.4 Å². The van der Waals surface area contributed by atoms with Crippen molar-refractivity contribution in [3.8, 4) is 17.2 Å².